The van der Waals surface area contributed by atoms with Crippen molar-refractivity contribution in [3.63, 3.8) is 0 Å². The molecule has 1 saturated carbocycles. The molecule has 0 spiro atoms. The molecule has 1 aromatic carbocycles. The van der Waals surface area contributed by atoms with E-state index in [1.165, 1.54) is 12.8 Å². The standard InChI is InChI=1S/C16H20N2O2S/c1-16(2,21-3)9-18-13-8-11(15(19)20)6-7-12(13)17-14(18)10-4-5-10/h6-8,10H,4-5,9H2,1-3H3,(H,19,20). The Labute approximate surface area is 128 Å². The Bertz CT molecular complexity index is 702. The first kappa shape index (κ1) is 14.4. The first-order chi connectivity index (χ1) is 9.91. The summed E-state index contributed by atoms with van der Waals surface area (Å²) in [5.74, 6) is 0.778. The van der Waals surface area contributed by atoms with Crippen LogP contribution in [-0.2, 0) is 6.54 Å². The number of hydrogen-bond donors (Lipinski definition) is 1. The van der Waals surface area contributed by atoms with Gasteiger partial charge < -0.3 is 9.67 Å². The minimum atomic E-state index is -0.887. The quantitative estimate of drug-likeness (QED) is 0.914. The zero-order valence-electron chi connectivity index (χ0n) is 12.6. The highest BCUT2D eigenvalue weighted by molar-refractivity contribution is 7.99. The van der Waals surface area contributed by atoms with E-state index in [2.05, 4.69) is 24.7 Å². The molecule has 1 heterocycles. The molecule has 4 nitrogen and oxygen atoms in total. The molecule has 112 valence electrons. The second-order valence-corrected chi connectivity index (χ2v) is 7.82. The molecule has 0 unspecified atom stereocenters. The molecule has 21 heavy (non-hydrogen) atoms. The SMILES string of the molecule is CSC(C)(C)Cn1c(C2CC2)nc2ccc(C(=O)O)cc21. The number of aromatic carboxylic acids is 1. The average molecular weight is 304 g/mol. The Morgan fingerprint density at radius 3 is 2.76 bits per heavy atom. The molecule has 5 heteroatoms. The summed E-state index contributed by atoms with van der Waals surface area (Å²) in [6.45, 7) is 5.27. The molecule has 0 atom stereocenters. The number of carboxylic acid groups (broad SMARTS) is 1. The number of hydrogen-bond acceptors (Lipinski definition) is 3. The third kappa shape index (κ3) is 2.79. The Morgan fingerprint density at radius 1 is 1.48 bits per heavy atom. The lowest BCUT2D eigenvalue weighted by Crippen LogP contribution is -2.23. The molecule has 0 radical (unpaired) electrons. The summed E-state index contributed by atoms with van der Waals surface area (Å²) in [5.41, 5.74) is 2.17. The topological polar surface area (TPSA) is 55.1 Å². The monoisotopic (exact) mass is 304 g/mol. The normalized spacial score (nSPS) is 15.6. The van der Waals surface area contributed by atoms with Gasteiger partial charge in [-0.05, 0) is 51.1 Å². The zero-order valence-corrected chi connectivity index (χ0v) is 13.4. The maximum atomic E-state index is 11.2. The van der Waals surface area contributed by atoms with Gasteiger partial charge >= 0.3 is 5.97 Å². The number of thioether (sulfide) groups is 1. The van der Waals surface area contributed by atoms with Crippen LogP contribution >= 0.6 is 11.8 Å². The van der Waals surface area contributed by atoms with Gasteiger partial charge in [0.05, 0.1) is 16.6 Å². The predicted octanol–water partition coefficient (Wildman–Crippen LogP) is 3.75. The summed E-state index contributed by atoms with van der Waals surface area (Å²) in [6, 6.07) is 5.22. The number of benzene rings is 1. The Morgan fingerprint density at radius 2 is 2.19 bits per heavy atom. The van der Waals surface area contributed by atoms with E-state index >= 15 is 0 Å². The fourth-order valence-electron chi connectivity index (χ4n) is 2.54. The van der Waals surface area contributed by atoms with Crippen LogP contribution in [0.1, 0.15) is 48.8 Å². The second kappa shape index (κ2) is 5.05. The highest BCUT2D eigenvalue weighted by Crippen LogP contribution is 2.41. The van der Waals surface area contributed by atoms with Gasteiger partial charge in [-0.25, -0.2) is 9.78 Å². The third-order valence-corrected chi connectivity index (χ3v) is 5.29. The lowest BCUT2D eigenvalue weighted by molar-refractivity contribution is 0.0697. The van der Waals surface area contributed by atoms with E-state index in [0.717, 1.165) is 23.4 Å². The lowest BCUT2D eigenvalue weighted by Gasteiger charge is -2.24. The molecular formula is C16H20N2O2S. The molecule has 2 aromatic rings. The number of aromatic nitrogens is 2. The largest absolute Gasteiger partial charge is 0.478 e. The van der Waals surface area contributed by atoms with Crippen LogP contribution in [-0.4, -0.2) is 31.6 Å². The first-order valence-corrected chi connectivity index (χ1v) is 8.42. The van der Waals surface area contributed by atoms with E-state index in [1.54, 1.807) is 12.1 Å². The zero-order chi connectivity index (χ0) is 15.2. The highest BCUT2D eigenvalue weighted by Gasteiger charge is 2.31. The molecule has 0 bridgehead atoms. The number of nitrogens with zero attached hydrogens (tertiary/aromatic N) is 2. The van der Waals surface area contributed by atoms with Crippen LogP contribution in [0.5, 0.6) is 0 Å². The Hall–Kier alpha value is -1.49. The summed E-state index contributed by atoms with van der Waals surface area (Å²) in [7, 11) is 0. The smallest absolute Gasteiger partial charge is 0.335 e. The van der Waals surface area contributed by atoms with Crippen molar-refractivity contribution in [2.45, 2.75) is 43.9 Å². The van der Waals surface area contributed by atoms with E-state index in [-0.39, 0.29) is 4.75 Å². The molecule has 0 aliphatic heterocycles. The highest BCUT2D eigenvalue weighted by atomic mass is 32.2. The number of imidazole rings is 1. The fourth-order valence-corrected chi connectivity index (χ4v) is 2.80. The number of rotatable bonds is 5. The minimum absolute atomic E-state index is 0.0937. The van der Waals surface area contributed by atoms with Crippen molar-refractivity contribution < 1.29 is 9.90 Å². The van der Waals surface area contributed by atoms with E-state index in [0.29, 0.717) is 11.5 Å². The predicted molar refractivity (Wildman–Crippen MR) is 86.3 cm³/mol. The van der Waals surface area contributed by atoms with Crippen molar-refractivity contribution in [1.82, 2.24) is 9.55 Å². The van der Waals surface area contributed by atoms with Gasteiger partial charge in [0.2, 0.25) is 0 Å². The van der Waals surface area contributed by atoms with Crippen LogP contribution in [0.25, 0.3) is 11.0 Å². The van der Waals surface area contributed by atoms with Gasteiger partial charge in [-0.15, -0.1) is 0 Å². The molecule has 0 amide bonds. The van der Waals surface area contributed by atoms with Crippen LogP contribution in [0.2, 0.25) is 0 Å². The summed E-state index contributed by atoms with van der Waals surface area (Å²) in [4.78, 5) is 16.0. The maximum Gasteiger partial charge on any atom is 0.335 e. The van der Waals surface area contributed by atoms with Crippen molar-refractivity contribution >= 4 is 28.8 Å². The van der Waals surface area contributed by atoms with Gasteiger partial charge in [0.25, 0.3) is 0 Å². The third-order valence-electron chi connectivity index (χ3n) is 4.06. The van der Waals surface area contributed by atoms with Gasteiger partial charge in [-0.1, -0.05) is 0 Å². The molecule has 1 fully saturated rings. The van der Waals surface area contributed by atoms with Crippen LogP contribution in [0.3, 0.4) is 0 Å². The molecule has 0 saturated heterocycles. The van der Waals surface area contributed by atoms with Crippen molar-refractivity contribution in [1.29, 1.82) is 0 Å². The average Bonchev–Trinajstić information content (AvgIpc) is 3.22. The molecular weight excluding hydrogens is 284 g/mol. The summed E-state index contributed by atoms with van der Waals surface area (Å²) in [5, 5.41) is 9.21. The molecule has 1 aliphatic rings. The summed E-state index contributed by atoms with van der Waals surface area (Å²) >= 11 is 1.82. The van der Waals surface area contributed by atoms with Gasteiger partial charge in [0, 0.05) is 17.2 Å². The Kier molecular flexibility index (Phi) is 3.48. The van der Waals surface area contributed by atoms with Crippen molar-refractivity contribution in [2.24, 2.45) is 0 Å². The fraction of sp³-hybridized carbons (Fsp3) is 0.500. The van der Waals surface area contributed by atoms with Gasteiger partial charge in [0.1, 0.15) is 5.82 Å². The van der Waals surface area contributed by atoms with Crippen molar-refractivity contribution in [2.75, 3.05) is 6.26 Å². The molecule has 1 N–H and O–H groups in total. The van der Waals surface area contributed by atoms with Crippen molar-refractivity contribution in [3.8, 4) is 0 Å². The number of carboxylic acids is 1. The van der Waals surface area contributed by atoms with Crippen LogP contribution in [0.15, 0.2) is 18.2 Å². The Balaban J connectivity index is 2.14. The van der Waals surface area contributed by atoms with Crippen LogP contribution in [0.4, 0.5) is 0 Å². The van der Waals surface area contributed by atoms with Crippen LogP contribution in [0, 0.1) is 0 Å². The number of fused-ring (bicyclic) bond motifs is 1. The second-order valence-electron chi connectivity index (χ2n) is 6.30. The van der Waals surface area contributed by atoms with Gasteiger partial charge in [0.15, 0.2) is 0 Å². The summed E-state index contributed by atoms with van der Waals surface area (Å²) in [6.07, 6.45) is 4.49. The molecule has 1 aliphatic carbocycles. The van der Waals surface area contributed by atoms with Crippen molar-refractivity contribution in [3.05, 3.63) is 29.6 Å². The van der Waals surface area contributed by atoms with E-state index in [1.807, 2.05) is 17.8 Å². The number of carbonyl (C=O) groups is 1. The minimum Gasteiger partial charge on any atom is -0.478 e. The van der Waals surface area contributed by atoms with E-state index < -0.39 is 5.97 Å². The van der Waals surface area contributed by atoms with E-state index in [9.17, 15) is 9.90 Å². The molecule has 3 rings (SSSR count). The summed E-state index contributed by atoms with van der Waals surface area (Å²) < 4.78 is 2.33. The van der Waals surface area contributed by atoms with Crippen LogP contribution < -0.4 is 0 Å². The molecule has 1 aromatic heterocycles. The lowest BCUT2D eigenvalue weighted by atomic mass is 10.1. The first-order valence-electron chi connectivity index (χ1n) is 7.20. The maximum absolute atomic E-state index is 11.2. The van der Waals surface area contributed by atoms with Gasteiger partial charge in [-0.2, -0.15) is 11.8 Å². The van der Waals surface area contributed by atoms with Gasteiger partial charge in [-0.3, -0.25) is 0 Å². The van der Waals surface area contributed by atoms with E-state index in [4.69, 9.17) is 4.98 Å².